The van der Waals surface area contributed by atoms with E-state index >= 15 is 0 Å². The Morgan fingerprint density at radius 1 is 1.28 bits per heavy atom. The summed E-state index contributed by atoms with van der Waals surface area (Å²) in [4.78, 5) is 11.9. The molecule has 0 unspecified atom stereocenters. The van der Waals surface area contributed by atoms with Gasteiger partial charge >= 0.3 is 0 Å². The van der Waals surface area contributed by atoms with E-state index in [9.17, 15) is 4.79 Å². The first-order valence-corrected chi connectivity index (χ1v) is 6.63. The van der Waals surface area contributed by atoms with Gasteiger partial charge in [-0.2, -0.15) is 0 Å². The number of methoxy groups -OCH3 is 2. The number of hydrogen-bond donors (Lipinski definition) is 1. The molecule has 0 atom stereocenters. The molecule has 0 bridgehead atoms. The van der Waals surface area contributed by atoms with Crippen molar-refractivity contribution in [2.45, 2.75) is 19.8 Å². The molecule has 4 nitrogen and oxygen atoms in total. The van der Waals surface area contributed by atoms with Crippen LogP contribution in [0.1, 0.15) is 30.1 Å². The lowest BCUT2D eigenvalue weighted by atomic mass is 10.2. The molecule has 1 aromatic rings. The van der Waals surface area contributed by atoms with Crippen LogP contribution < -0.4 is 14.8 Å². The van der Waals surface area contributed by atoms with Gasteiger partial charge in [-0.05, 0) is 34.5 Å². The number of benzene rings is 1. The van der Waals surface area contributed by atoms with E-state index in [2.05, 4.69) is 28.2 Å². The second-order valence-corrected chi connectivity index (χ2v) is 4.60. The fourth-order valence-electron chi connectivity index (χ4n) is 1.48. The van der Waals surface area contributed by atoms with E-state index in [0.717, 1.165) is 12.8 Å². The van der Waals surface area contributed by atoms with E-state index in [4.69, 9.17) is 9.47 Å². The lowest BCUT2D eigenvalue weighted by Crippen LogP contribution is -2.24. The molecule has 0 radical (unpaired) electrons. The number of carbonyl (C=O) groups is 1. The summed E-state index contributed by atoms with van der Waals surface area (Å²) in [5, 5.41) is 2.86. The Labute approximate surface area is 116 Å². The van der Waals surface area contributed by atoms with Gasteiger partial charge in [0.1, 0.15) is 16.0 Å². The summed E-state index contributed by atoms with van der Waals surface area (Å²) in [5.41, 5.74) is 0.531. The number of carbonyl (C=O) groups excluding carboxylic acids is 1. The molecular weight excluding hydrogens is 298 g/mol. The second-order valence-electron chi connectivity index (χ2n) is 3.80. The van der Waals surface area contributed by atoms with Gasteiger partial charge in [0.05, 0.1) is 14.2 Å². The maximum Gasteiger partial charge on any atom is 0.251 e. The molecule has 0 aliphatic carbocycles. The molecule has 0 aliphatic rings. The van der Waals surface area contributed by atoms with Crippen LogP contribution in [0.15, 0.2) is 16.6 Å². The average Bonchev–Trinajstić information content (AvgIpc) is 2.39. The molecule has 18 heavy (non-hydrogen) atoms. The van der Waals surface area contributed by atoms with Crippen molar-refractivity contribution in [2.24, 2.45) is 0 Å². The zero-order chi connectivity index (χ0) is 13.5. The highest BCUT2D eigenvalue weighted by Crippen LogP contribution is 2.35. The molecule has 0 aliphatic heterocycles. The summed E-state index contributed by atoms with van der Waals surface area (Å²) >= 11 is 3.37. The minimum atomic E-state index is -0.118. The summed E-state index contributed by atoms with van der Waals surface area (Å²) in [5.74, 6) is 1.04. The summed E-state index contributed by atoms with van der Waals surface area (Å²) in [6, 6.07) is 3.38. The number of unbranched alkanes of at least 4 members (excludes halogenated alkanes) is 1. The van der Waals surface area contributed by atoms with Gasteiger partial charge in [-0.25, -0.2) is 0 Å². The first kappa shape index (κ1) is 14.8. The van der Waals surface area contributed by atoms with Gasteiger partial charge in [-0.1, -0.05) is 13.3 Å². The molecule has 0 saturated carbocycles. The molecule has 100 valence electrons. The normalized spacial score (nSPS) is 10.0. The van der Waals surface area contributed by atoms with E-state index < -0.39 is 0 Å². The Hall–Kier alpha value is -1.23. The van der Waals surface area contributed by atoms with Crippen molar-refractivity contribution in [3.8, 4) is 11.5 Å². The number of ether oxygens (including phenoxy) is 2. The monoisotopic (exact) mass is 315 g/mol. The van der Waals surface area contributed by atoms with Crippen molar-refractivity contribution in [2.75, 3.05) is 20.8 Å². The minimum Gasteiger partial charge on any atom is -0.495 e. The van der Waals surface area contributed by atoms with Crippen LogP contribution in [0, 0.1) is 0 Å². The van der Waals surface area contributed by atoms with Crippen LogP contribution in [0.4, 0.5) is 0 Å². The topological polar surface area (TPSA) is 47.6 Å². The van der Waals surface area contributed by atoms with Crippen molar-refractivity contribution in [1.29, 1.82) is 0 Å². The highest BCUT2D eigenvalue weighted by atomic mass is 79.9. The molecule has 0 saturated heterocycles. The summed E-state index contributed by atoms with van der Waals surface area (Å²) in [6.45, 7) is 2.76. The van der Waals surface area contributed by atoms with Crippen molar-refractivity contribution in [3.05, 3.63) is 22.2 Å². The number of halogens is 1. The summed E-state index contributed by atoms with van der Waals surface area (Å²) < 4.78 is 11.1. The third-order valence-corrected chi connectivity index (χ3v) is 3.31. The van der Waals surface area contributed by atoms with Crippen molar-refractivity contribution in [1.82, 2.24) is 5.32 Å². The van der Waals surface area contributed by atoms with Gasteiger partial charge in [-0.3, -0.25) is 4.79 Å². The summed E-state index contributed by atoms with van der Waals surface area (Å²) in [6.07, 6.45) is 2.02. The highest BCUT2D eigenvalue weighted by molar-refractivity contribution is 9.10. The van der Waals surface area contributed by atoms with Crippen molar-refractivity contribution in [3.63, 3.8) is 0 Å². The van der Waals surface area contributed by atoms with Crippen LogP contribution in [-0.2, 0) is 0 Å². The van der Waals surface area contributed by atoms with Crippen LogP contribution in [0.2, 0.25) is 0 Å². The Morgan fingerprint density at radius 3 is 2.28 bits per heavy atom. The third-order valence-electron chi connectivity index (χ3n) is 2.52. The Kier molecular flexibility index (Phi) is 5.98. The number of nitrogens with one attached hydrogen (secondary N) is 1. The lowest BCUT2D eigenvalue weighted by molar-refractivity contribution is 0.0952. The van der Waals surface area contributed by atoms with Crippen LogP contribution in [-0.4, -0.2) is 26.7 Å². The van der Waals surface area contributed by atoms with Crippen molar-refractivity contribution < 1.29 is 14.3 Å². The summed E-state index contributed by atoms with van der Waals surface area (Å²) in [7, 11) is 3.11. The molecule has 1 aromatic carbocycles. The SMILES string of the molecule is CCCCNC(=O)c1cc(OC)c(Br)c(OC)c1. The molecule has 0 heterocycles. The minimum absolute atomic E-state index is 0.118. The zero-order valence-corrected chi connectivity index (χ0v) is 12.5. The first-order valence-electron chi connectivity index (χ1n) is 5.83. The van der Waals surface area contributed by atoms with Crippen LogP contribution in [0.25, 0.3) is 0 Å². The van der Waals surface area contributed by atoms with Gasteiger partial charge < -0.3 is 14.8 Å². The lowest BCUT2D eigenvalue weighted by Gasteiger charge is -2.11. The standard InChI is InChI=1S/C13H18BrNO3/c1-4-5-6-15-13(16)9-7-10(17-2)12(14)11(8-9)18-3/h7-8H,4-6H2,1-3H3,(H,15,16). The number of rotatable bonds is 6. The average molecular weight is 316 g/mol. The van der Waals surface area contributed by atoms with E-state index in [1.807, 2.05) is 0 Å². The quantitative estimate of drug-likeness (QED) is 0.821. The van der Waals surface area contributed by atoms with Crippen LogP contribution >= 0.6 is 15.9 Å². The highest BCUT2D eigenvalue weighted by Gasteiger charge is 2.14. The van der Waals surface area contributed by atoms with E-state index in [1.54, 1.807) is 26.4 Å². The second kappa shape index (κ2) is 7.26. The number of hydrogen-bond acceptors (Lipinski definition) is 3. The molecule has 1 N–H and O–H groups in total. The number of amides is 1. The fourth-order valence-corrected chi connectivity index (χ4v) is 2.03. The molecular formula is C13H18BrNO3. The molecule has 1 rings (SSSR count). The maximum atomic E-state index is 11.9. The molecule has 1 amide bonds. The Bertz CT molecular complexity index is 396. The predicted octanol–water partition coefficient (Wildman–Crippen LogP) is 3.00. The predicted molar refractivity (Wildman–Crippen MR) is 74.5 cm³/mol. The van der Waals surface area contributed by atoms with Gasteiger partial charge in [0.25, 0.3) is 5.91 Å². The van der Waals surface area contributed by atoms with Crippen molar-refractivity contribution >= 4 is 21.8 Å². The Balaban J connectivity index is 2.91. The van der Waals surface area contributed by atoms with E-state index in [-0.39, 0.29) is 5.91 Å². The molecule has 0 aromatic heterocycles. The molecule has 5 heteroatoms. The van der Waals surface area contributed by atoms with Gasteiger partial charge in [0.15, 0.2) is 0 Å². The van der Waals surface area contributed by atoms with Crippen LogP contribution in [0.3, 0.4) is 0 Å². The Morgan fingerprint density at radius 2 is 1.83 bits per heavy atom. The van der Waals surface area contributed by atoms with Gasteiger partial charge in [0, 0.05) is 12.1 Å². The van der Waals surface area contributed by atoms with Gasteiger partial charge in [-0.15, -0.1) is 0 Å². The van der Waals surface area contributed by atoms with E-state index in [1.165, 1.54) is 0 Å². The van der Waals surface area contributed by atoms with Crippen LogP contribution in [0.5, 0.6) is 11.5 Å². The fraction of sp³-hybridized carbons (Fsp3) is 0.462. The first-order chi connectivity index (χ1) is 8.63. The maximum absolute atomic E-state index is 11.9. The van der Waals surface area contributed by atoms with E-state index in [0.29, 0.717) is 28.1 Å². The molecule has 0 spiro atoms. The zero-order valence-electron chi connectivity index (χ0n) is 10.9. The van der Waals surface area contributed by atoms with Gasteiger partial charge in [0.2, 0.25) is 0 Å². The molecule has 0 fully saturated rings. The third kappa shape index (κ3) is 3.63. The largest absolute Gasteiger partial charge is 0.495 e. The smallest absolute Gasteiger partial charge is 0.251 e.